The van der Waals surface area contributed by atoms with Crippen molar-refractivity contribution in [3.05, 3.63) is 36.5 Å². The van der Waals surface area contributed by atoms with E-state index in [2.05, 4.69) is 34.0 Å². The normalized spacial score (nSPS) is 10.4. The molecular weight excluding hydrogens is 336 g/mol. The Labute approximate surface area is 142 Å². The Morgan fingerprint density at radius 1 is 1.45 bits per heavy atom. The molecule has 2 aromatic heterocycles. The van der Waals surface area contributed by atoms with Crippen LogP contribution in [0.2, 0.25) is 0 Å². The molecule has 0 bridgehead atoms. The number of hydrogen-bond acceptors (Lipinski definition) is 7. The predicted octanol–water partition coefficient (Wildman–Crippen LogP) is 3.97. The highest BCUT2D eigenvalue weighted by Gasteiger charge is 2.14. The van der Waals surface area contributed by atoms with E-state index in [1.54, 1.807) is 36.2 Å². The summed E-state index contributed by atoms with van der Waals surface area (Å²) >= 11 is 4.50. The average Bonchev–Trinajstić information content (AvgIpc) is 2.98. The zero-order valence-electron chi connectivity index (χ0n) is 12.1. The van der Waals surface area contributed by atoms with Crippen molar-refractivity contribution in [2.45, 2.75) is 22.7 Å². The lowest BCUT2D eigenvalue weighted by Crippen LogP contribution is -2.13. The van der Waals surface area contributed by atoms with Crippen molar-refractivity contribution in [3.8, 4) is 0 Å². The van der Waals surface area contributed by atoms with Crippen molar-refractivity contribution >= 4 is 45.9 Å². The Morgan fingerprint density at radius 2 is 2.32 bits per heavy atom. The van der Waals surface area contributed by atoms with Crippen molar-refractivity contribution in [1.82, 2.24) is 15.2 Å². The Bertz CT molecular complexity index is 645. The molecule has 0 aliphatic carbocycles. The maximum absolute atomic E-state index is 12.4. The van der Waals surface area contributed by atoms with Gasteiger partial charge in [0.25, 0.3) is 5.91 Å². The fourth-order valence-corrected chi connectivity index (χ4v) is 3.89. The van der Waals surface area contributed by atoms with Crippen LogP contribution in [0.5, 0.6) is 0 Å². The minimum absolute atomic E-state index is 0.220. The average molecular weight is 353 g/mol. The van der Waals surface area contributed by atoms with Crippen LogP contribution in [-0.4, -0.2) is 32.6 Å². The summed E-state index contributed by atoms with van der Waals surface area (Å²) in [6.45, 7) is 5.79. The van der Waals surface area contributed by atoms with Gasteiger partial charge in [0.1, 0.15) is 5.03 Å². The third kappa shape index (κ3) is 4.82. The Balaban J connectivity index is 2.05. The fraction of sp³-hybridized carbons (Fsp3) is 0.286. The van der Waals surface area contributed by atoms with Crippen LogP contribution < -0.4 is 5.32 Å². The summed E-state index contributed by atoms with van der Waals surface area (Å²) < 4.78 is 0.865. The number of hydrogen-bond donors (Lipinski definition) is 1. The van der Waals surface area contributed by atoms with Gasteiger partial charge in [0, 0.05) is 17.7 Å². The molecule has 0 spiro atoms. The smallest absolute Gasteiger partial charge is 0.260 e. The number of nitrogens with one attached hydrogen (secondary N) is 1. The van der Waals surface area contributed by atoms with Crippen LogP contribution in [-0.2, 0) is 0 Å². The predicted molar refractivity (Wildman–Crippen MR) is 94.0 cm³/mol. The van der Waals surface area contributed by atoms with E-state index in [1.165, 1.54) is 23.1 Å². The Morgan fingerprint density at radius 3 is 3.09 bits per heavy atom. The number of anilines is 1. The molecule has 1 N–H and O–H groups in total. The summed E-state index contributed by atoms with van der Waals surface area (Å²) in [5, 5.41) is 12.0. The van der Waals surface area contributed by atoms with Gasteiger partial charge < -0.3 is 0 Å². The van der Waals surface area contributed by atoms with Gasteiger partial charge in [0.15, 0.2) is 4.34 Å². The summed E-state index contributed by atoms with van der Waals surface area (Å²) in [6.07, 6.45) is 4.53. The molecular formula is C14H16N4OS3. The molecule has 0 unspecified atom stereocenters. The summed E-state index contributed by atoms with van der Waals surface area (Å²) in [5.41, 5.74) is 0.535. The lowest BCUT2D eigenvalue weighted by Gasteiger charge is -2.05. The van der Waals surface area contributed by atoms with Gasteiger partial charge in [-0.15, -0.1) is 28.5 Å². The van der Waals surface area contributed by atoms with Crippen LogP contribution >= 0.6 is 34.9 Å². The molecule has 0 saturated carbocycles. The standard InChI is InChI=1S/C14H16N4OS3/c1-3-8-20-12-10(6-5-7-15-12)11(19)16-13-17-18-14(22-13)21-9-4-2/h3,5-7H,1,4,8-9H2,2H3,(H,16,17,19). The van der Waals surface area contributed by atoms with Crippen molar-refractivity contribution in [3.63, 3.8) is 0 Å². The second-order valence-electron chi connectivity index (χ2n) is 4.13. The third-order valence-corrected chi connectivity index (χ3v) is 5.59. The van der Waals surface area contributed by atoms with Gasteiger partial charge >= 0.3 is 0 Å². The van der Waals surface area contributed by atoms with E-state index in [4.69, 9.17) is 0 Å². The number of carbonyl (C=O) groups excluding carboxylic acids is 1. The first-order chi connectivity index (χ1) is 10.7. The first kappa shape index (κ1) is 17.0. The molecule has 5 nitrogen and oxygen atoms in total. The van der Waals surface area contributed by atoms with E-state index in [0.29, 0.717) is 21.5 Å². The van der Waals surface area contributed by atoms with Crippen molar-refractivity contribution < 1.29 is 4.79 Å². The van der Waals surface area contributed by atoms with Crippen LogP contribution in [0.1, 0.15) is 23.7 Å². The van der Waals surface area contributed by atoms with Crippen LogP contribution in [0, 0.1) is 0 Å². The van der Waals surface area contributed by atoms with Gasteiger partial charge in [-0.1, -0.05) is 36.1 Å². The molecule has 8 heteroatoms. The second kappa shape index (κ2) is 8.92. The topological polar surface area (TPSA) is 67.8 Å². The second-order valence-corrected chi connectivity index (χ2v) is 7.46. The van der Waals surface area contributed by atoms with E-state index in [1.807, 2.05) is 0 Å². The van der Waals surface area contributed by atoms with E-state index in [-0.39, 0.29) is 5.91 Å². The number of pyridine rings is 1. The lowest BCUT2D eigenvalue weighted by atomic mass is 10.3. The minimum atomic E-state index is -0.220. The molecule has 0 fully saturated rings. The van der Waals surface area contributed by atoms with Crippen molar-refractivity contribution in [2.75, 3.05) is 16.8 Å². The maximum atomic E-state index is 12.4. The highest BCUT2D eigenvalue weighted by Crippen LogP contribution is 2.27. The molecule has 2 heterocycles. The number of nitrogens with zero attached hydrogens (tertiary/aromatic N) is 3. The molecule has 2 rings (SSSR count). The van der Waals surface area contributed by atoms with E-state index < -0.39 is 0 Å². The molecule has 2 aromatic rings. The molecule has 0 saturated heterocycles. The number of aromatic nitrogens is 3. The third-order valence-electron chi connectivity index (χ3n) is 2.41. The quantitative estimate of drug-likeness (QED) is 0.440. The maximum Gasteiger partial charge on any atom is 0.260 e. The summed E-state index contributed by atoms with van der Waals surface area (Å²) in [4.78, 5) is 16.6. The SMILES string of the molecule is C=CCSc1ncccc1C(=O)Nc1nnc(SCCC)s1. The molecule has 1 amide bonds. The van der Waals surface area contributed by atoms with E-state index >= 15 is 0 Å². The first-order valence-electron chi connectivity index (χ1n) is 6.71. The van der Waals surface area contributed by atoms with E-state index in [0.717, 1.165) is 16.5 Å². The summed E-state index contributed by atoms with van der Waals surface area (Å²) in [6, 6.07) is 3.50. The Hall–Kier alpha value is -1.38. The van der Waals surface area contributed by atoms with Gasteiger partial charge in [-0.3, -0.25) is 10.1 Å². The van der Waals surface area contributed by atoms with Gasteiger partial charge in [0.2, 0.25) is 5.13 Å². The van der Waals surface area contributed by atoms with E-state index in [9.17, 15) is 4.79 Å². The van der Waals surface area contributed by atoms with Gasteiger partial charge in [-0.25, -0.2) is 4.98 Å². The zero-order valence-corrected chi connectivity index (χ0v) is 14.6. The molecule has 0 atom stereocenters. The molecule has 0 radical (unpaired) electrons. The highest BCUT2D eigenvalue weighted by molar-refractivity contribution is 8.01. The largest absolute Gasteiger partial charge is 0.296 e. The fourth-order valence-electron chi connectivity index (χ4n) is 1.49. The van der Waals surface area contributed by atoms with Gasteiger partial charge in [-0.05, 0) is 18.6 Å². The number of amides is 1. The first-order valence-corrected chi connectivity index (χ1v) is 9.49. The van der Waals surface area contributed by atoms with Crippen molar-refractivity contribution in [2.24, 2.45) is 0 Å². The summed E-state index contributed by atoms with van der Waals surface area (Å²) in [7, 11) is 0. The van der Waals surface area contributed by atoms with Gasteiger partial charge in [-0.2, -0.15) is 0 Å². The monoisotopic (exact) mass is 352 g/mol. The highest BCUT2D eigenvalue weighted by atomic mass is 32.2. The van der Waals surface area contributed by atoms with Crippen LogP contribution in [0.4, 0.5) is 5.13 Å². The molecule has 0 aromatic carbocycles. The van der Waals surface area contributed by atoms with Crippen LogP contribution in [0.25, 0.3) is 0 Å². The molecule has 116 valence electrons. The lowest BCUT2D eigenvalue weighted by molar-refractivity contribution is 0.102. The molecule has 0 aliphatic rings. The van der Waals surface area contributed by atoms with Crippen LogP contribution in [0.3, 0.4) is 0 Å². The number of thioether (sulfide) groups is 2. The zero-order chi connectivity index (χ0) is 15.8. The van der Waals surface area contributed by atoms with Crippen LogP contribution in [0.15, 0.2) is 40.4 Å². The van der Waals surface area contributed by atoms with Crippen molar-refractivity contribution in [1.29, 1.82) is 0 Å². The Kier molecular flexibility index (Phi) is 6.88. The molecule has 0 aliphatic heterocycles. The number of carbonyl (C=O) groups is 1. The molecule has 22 heavy (non-hydrogen) atoms. The number of rotatable bonds is 8. The summed E-state index contributed by atoms with van der Waals surface area (Å²) in [5.74, 6) is 1.48. The van der Waals surface area contributed by atoms with Gasteiger partial charge in [0.05, 0.1) is 5.56 Å². The minimum Gasteiger partial charge on any atom is -0.296 e.